The zero-order chi connectivity index (χ0) is 20.1. The number of hydroxylamine groups is 2. The van der Waals surface area contributed by atoms with Crippen LogP contribution in [0.3, 0.4) is 0 Å². The van der Waals surface area contributed by atoms with Crippen LogP contribution in [0.5, 0.6) is 0 Å². The van der Waals surface area contributed by atoms with Gasteiger partial charge in [0.05, 0.1) is 0 Å². The Balaban J connectivity index is 2.39. The quantitative estimate of drug-likeness (QED) is 0.204. The van der Waals surface area contributed by atoms with Crippen LogP contribution in [0.15, 0.2) is 42.5 Å². The fourth-order valence-corrected chi connectivity index (χ4v) is 4.19. The second kappa shape index (κ2) is 5.90. The lowest BCUT2D eigenvalue weighted by Crippen LogP contribution is -2.68. The number of ketones is 1. The summed E-state index contributed by atoms with van der Waals surface area (Å²) in [5, 5.41) is 6.08. The van der Waals surface area contributed by atoms with Gasteiger partial charge >= 0.3 is 0 Å². The molecule has 0 aromatic heterocycles. The average molecular weight is 394 g/mol. The molecule has 0 saturated carbocycles. The summed E-state index contributed by atoms with van der Waals surface area (Å²) in [6.45, 7) is 0. The Hall–Kier alpha value is -3.22. The maximum Gasteiger partial charge on any atom is 0.289 e. The lowest BCUT2D eigenvalue weighted by molar-refractivity contribution is -0.175. The molecule has 2 aliphatic heterocycles. The van der Waals surface area contributed by atoms with Crippen LogP contribution in [0.2, 0.25) is 0 Å². The molecule has 12 heteroatoms. The molecule has 2 unspecified atom stereocenters. The number of hydrogen-bond donors (Lipinski definition) is 2. The van der Waals surface area contributed by atoms with Gasteiger partial charge in [0.2, 0.25) is 16.6 Å². The van der Waals surface area contributed by atoms with Gasteiger partial charge in [-0.2, -0.15) is 13.5 Å². The molecule has 11 nitrogen and oxygen atoms in total. The van der Waals surface area contributed by atoms with Crippen molar-refractivity contribution in [1.82, 2.24) is 9.96 Å². The molecule has 140 valence electrons. The molecule has 0 bridgehead atoms. The van der Waals surface area contributed by atoms with Crippen LogP contribution < -0.4 is 0 Å². The van der Waals surface area contributed by atoms with E-state index >= 15 is 0 Å². The average Bonchev–Trinajstić information content (AvgIpc) is 3.04. The number of benzene rings is 1. The van der Waals surface area contributed by atoms with Crippen molar-refractivity contribution in [2.24, 2.45) is 0 Å². The summed E-state index contributed by atoms with van der Waals surface area (Å²) in [5.41, 5.74) is -3.67. The van der Waals surface area contributed by atoms with Gasteiger partial charge in [0.15, 0.2) is 0 Å². The van der Waals surface area contributed by atoms with E-state index in [9.17, 15) is 42.2 Å². The van der Waals surface area contributed by atoms with Crippen molar-refractivity contribution >= 4 is 39.5 Å². The van der Waals surface area contributed by atoms with Gasteiger partial charge in [0.1, 0.15) is 0 Å². The van der Waals surface area contributed by atoms with E-state index in [-0.39, 0.29) is 10.5 Å². The molecule has 2 aliphatic rings. The molecule has 1 aromatic carbocycles. The van der Waals surface area contributed by atoms with Crippen LogP contribution in [-0.4, -0.2) is 68.3 Å². The van der Waals surface area contributed by atoms with E-state index in [2.05, 4.69) is 0 Å². The number of hydrogen-bond acceptors (Lipinski definition) is 8. The van der Waals surface area contributed by atoms with Crippen LogP contribution in [0.4, 0.5) is 0 Å². The van der Waals surface area contributed by atoms with Crippen molar-refractivity contribution in [3.05, 3.63) is 48.0 Å². The molecule has 3 rings (SSSR count). The van der Waals surface area contributed by atoms with E-state index in [0.29, 0.717) is 12.2 Å². The Labute approximate surface area is 151 Å². The van der Waals surface area contributed by atoms with Crippen molar-refractivity contribution in [1.29, 1.82) is 0 Å². The van der Waals surface area contributed by atoms with E-state index in [1.165, 1.54) is 18.2 Å². The van der Waals surface area contributed by atoms with E-state index in [1.807, 2.05) is 0 Å². The lowest BCUT2D eigenvalue weighted by Gasteiger charge is -2.35. The number of carbonyl (C=O) groups excluding carboxylic acids is 5. The second-order valence-electron chi connectivity index (χ2n) is 5.66. The molecule has 0 radical (unpaired) electrons. The predicted octanol–water partition coefficient (Wildman–Crippen LogP) is -1.45. The Bertz CT molecular complexity index is 1010. The third kappa shape index (κ3) is 2.42. The first kappa shape index (κ1) is 18.6. The van der Waals surface area contributed by atoms with Gasteiger partial charge in [-0.25, -0.2) is 0 Å². The Kier molecular flexibility index (Phi) is 4.06. The van der Waals surface area contributed by atoms with Crippen LogP contribution in [0.1, 0.15) is 10.4 Å². The number of imide groups is 2. The van der Waals surface area contributed by atoms with Crippen molar-refractivity contribution in [2.45, 2.75) is 10.8 Å². The van der Waals surface area contributed by atoms with Crippen LogP contribution in [0, 0.1) is 0 Å². The first-order valence-electron chi connectivity index (χ1n) is 7.24. The highest BCUT2D eigenvalue weighted by Gasteiger charge is 2.74. The molecular weight excluding hydrogens is 384 g/mol. The molecule has 1 fully saturated rings. The molecule has 0 spiro atoms. The van der Waals surface area contributed by atoms with Crippen molar-refractivity contribution in [3.63, 3.8) is 0 Å². The summed E-state index contributed by atoms with van der Waals surface area (Å²) in [6, 6.07) is 6.45. The number of Topliss-reactive ketones (excluding diaryl/α,β-unsaturated/α-hetero) is 1. The highest BCUT2D eigenvalue weighted by molar-refractivity contribution is 7.87. The Morgan fingerprint density at radius 3 is 2.00 bits per heavy atom. The van der Waals surface area contributed by atoms with Gasteiger partial charge in [0.25, 0.3) is 33.7 Å². The van der Waals surface area contributed by atoms with Crippen molar-refractivity contribution in [3.8, 4) is 0 Å². The Morgan fingerprint density at radius 2 is 1.52 bits per heavy atom. The largest absolute Gasteiger partial charge is 0.291 e. The number of nitrogens with zero attached hydrogens (tertiary/aromatic N) is 2. The zero-order valence-electron chi connectivity index (χ0n) is 13.2. The van der Waals surface area contributed by atoms with Crippen LogP contribution >= 0.6 is 0 Å². The minimum atomic E-state index is -5.53. The van der Waals surface area contributed by atoms with Gasteiger partial charge in [-0.15, -0.1) is 0 Å². The SMILES string of the molecule is O=C1C(S(=O)(=O)O)C(C(=O)c2ccccc2)(N2C(=O)C=CC2=O)C(=O)N1O. The first-order chi connectivity index (χ1) is 12.5. The third-order valence-electron chi connectivity index (χ3n) is 4.17. The van der Waals surface area contributed by atoms with Gasteiger partial charge in [-0.05, 0) is 0 Å². The summed E-state index contributed by atoms with van der Waals surface area (Å²) in [4.78, 5) is 62.3. The molecule has 1 aromatic rings. The predicted molar refractivity (Wildman–Crippen MR) is 83.5 cm³/mol. The molecule has 2 N–H and O–H groups in total. The highest BCUT2D eigenvalue weighted by Crippen LogP contribution is 2.39. The van der Waals surface area contributed by atoms with E-state index in [0.717, 1.165) is 12.1 Å². The van der Waals surface area contributed by atoms with Gasteiger partial charge < -0.3 is 0 Å². The maximum absolute atomic E-state index is 13.1. The minimum Gasteiger partial charge on any atom is -0.291 e. The molecule has 2 atom stereocenters. The molecule has 0 aliphatic carbocycles. The summed E-state index contributed by atoms with van der Waals surface area (Å²) in [7, 11) is -5.53. The van der Waals surface area contributed by atoms with E-state index in [4.69, 9.17) is 0 Å². The number of rotatable bonds is 4. The number of amides is 4. The molecule has 27 heavy (non-hydrogen) atoms. The molecule has 2 heterocycles. The summed E-state index contributed by atoms with van der Waals surface area (Å²) >= 11 is 0. The Morgan fingerprint density at radius 1 is 1.00 bits per heavy atom. The monoisotopic (exact) mass is 394 g/mol. The van der Waals surface area contributed by atoms with Gasteiger partial charge in [-0.3, -0.25) is 38.6 Å². The van der Waals surface area contributed by atoms with E-state index in [1.54, 1.807) is 0 Å². The lowest BCUT2D eigenvalue weighted by atomic mass is 9.85. The van der Waals surface area contributed by atoms with Gasteiger partial charge in [0, 0.05) is 17.7 Å². The second-order valence-corrected chi connectivity index (χ2v) is 7.16. The normalized spacial score (nSPS) is 25.6. The topological polar surface area (TPSA) is 166 Å². The zero-order valence-corrected chi connectivity index (χ0v) is 14.0. The summed E-state index contributed by atoms with van der Waals surface area (Å²) < 4.78 is 33.3. The third-order valence-corrected chi connectivity index (χ3v) is 5.31. The maximum atomic E-state index is 13.1. The van der Waals surface area contributed by atoms with Crippen molar-refractivity contribution < 1.29 is 42.2 Å². The minimum absolute atomic E-state index is 0.0444. The fourth-order valence-electron chi connectivity index (χ4n) is 3.09. The molecule has 1 saturated heterocycles. The standard InChI is InChI=1S/C15H10N2O9S/c18-9-6-7-10(19)16(9)15(11(20)8-4-2-1-3-5-8)12(27(24,25)26)13(21)17(23)14(15)22/h1-7,12,23H,(H,24,25,26). The first-order valence-corrected chi connectivity index (χ1v) is 8.74. The molecule has 4 amide bonds. The summed E-state index contributed by atoms with van der Waals surface area (Å²) in [5.74, 6) is -7.71. The number of carbonyl (C=O) groups is 5. The molecular formula is C15H10N2O9S. The highest BCUT2D eigenvalue weighted by atomic mass is 32.2. The van der Waals surface area contributed by atoms with E-state index < -0.39 is 55.4 Å². The van der Waals surface area contributed by atoms with Crippen LogP contribution in [0.25, 0.3) is 0 Å². The van der Waals surface area contributed by atoms with Crippen molar-refractivity contribution in [2.75, 3.05) is 0 Å². The smallest absolute Gasteiger partial charge is 0.289 e. The fraction of sp³-hybridized carbons (Fsp3) is 0.133. The van der Waals surface area contributed by atoms with Crippen LogP contribution in [-0.2, 0) is 29.3 Å². The van der Waals surface area contributed by atoms with Gasteiger partial charge in [-0.1, -0.05) is 30.3 Å². The summed E-state index contributed by atoms with van der Waals surface area (Å²) in [6.07, 6.45) is 1.31.